The van der Waals surface area contributed by atoms with Gasteiger partial charge in [-0.1, -0.05) is 0 Å². The molecule has 2 heterocycles. The van der Waals surface area contributed by atoms with Crippen molar-refractivity contribution >= 4 is 42.1 Å². The molecule has 1 fully saturated rings. The highest BCUT2D eigenvalue weighted by atomic mass is 35.5. The summed E-state index contributed by atoms with van der Waals surface area (Å²) in [5, 5.41) is 3.81. The monoisotopic (exact) mass is 355 g/mol. The number of nitrogens with one attached hydrogen (secondary N) is 1. The Morgan fingerprint density at radius 1 is 1.43 bits per heavy atom. The van der Waals surface area contributed by atoms with E-state index in [4.69, 9.17) is 10.5 Å². The Balaban J connectivity index is 0.00000200. The van der Waals surface area contributed by atoms with Crippen molar-refractivity contribution in [2.24, 2.45) is 11.7 Å². The van der Waals surface area contributed by atoms with Gasteiger partial charge in [-0.2, -0.15) is 0 Å². The predicted octanol–water partition coefficient (Wildman–Crippen LogP) is 1.97. The molecule has 0 saturated carbocycles. The van der Waals surface area contributed by atoms with Crippen LogP contribution in [0, 0.1) is 19.8 Å². The highest BCUT2D eigenvalue weighted by Crippen LogP contribution is 2.18. The molecule has 0 spiro atoms. The zero-order chi connectivity index (χ0) is 13.8. The van der Waals surface area contributed by atoms with E-state index in [1.165, 1.54) is 4.88 Å². The molecule has 1 aromatic heterocycles. The van der Waals surface area contributed by atoms with Crippen molar-refractivity contribution in [3.05, 3.63) is 15.6 Å². The van der Waals surface area contributed by atoms with Crippen molar-refractivity contribution in [2.45, 2.75) is 39.3 Å². The number of ether oxygens (including phenoxy) is 1. The summed E-state index contributed by atoms with van der Waals surface area (Å²) in [4.78, 5) is 17.6. The molecule has 0 radical (unpaired) electrons. The van der Waals surface area contributed by atoms with Gasteiger partial charge in [0.2, 0.25) is 5.91 Å². The van der Waals surface area contributed by atoms with E-state index in [1.807, 2.05) is 13.8 Å². The topological polar surface area (TPSA) is 77.2 Å². The number of carbonyl (C=O) groups is 1. The number of nitrogens with two attached hydrogens (primary N) is 1. The summed E-state index contributed by atoms with van der Waals surface area (Å²) in [5.41, 5.74) is 7.04. The molecule has 1 aliphatic rings. The van der Waals surface area contributed by atoms with Crippen LogP contribution >= 0.6 is 36.2 Å². The second kappa shape index (κ2) is 9.58. The first kappa shape index (κ1) is 20.6. The quantitative estimate of drug-likeness (QED) is 0.865. The van der Waals surface area contributed by atoms with Crippen molar-refractivity contribution in [1.29, 1.82) is 0 Å². The lowest BCUT2D eigenvalue weighted by Gasteiger charge is -2.26. The molecular weight excluding hydrogens is 333 g/mol. The van der Waals surface area contributed by atoms with Gasteiger partial charge in [-0.05, 0) is 32.6 Å². The predicted molar refractivity (Wildman–Crippen MR) is 89.4 cm³/mol. The van der Waals surface area contributed by atoms with Gasteiger partial charge in [0.25, 0.3) is 0 Å². The van der Waals surface area contributed by atoms with E-state index in [2.05, 4.69) is 10.3 Å². The molecule has 1 aliphatic heterocycles. The van der Waals surface area contributed by atoms with E-state index in [0.29, 0.717) is 19.8 Å². The SMILES string of the molecule is Cc1nc(CNC(=O)C(N)C2CCOCC2)sc1C.Cl.Cl. The largest absolute Gasteiger partial charge is 0.381 e. The van der Waals surface area contributed by atoms with E-state index in [1.54, 1.807) is 11.3 Å². The Hall–Kier alpha value is -0.400. The van der Waals surface area contributed by atoms with E-state index in [0.717, 1.165) is 23.5 Å². The molecule has 5 nitrogen and oxygen atoms in total. The Kier molecular flexibility index (Phi) is 9.40. The summed E-state index contributed by atoms with van der Waals surface area (Å²) in [6.45, 7) is 5.89. The molecule has 122 valence electrons. The fourth-order valence-electron chi connectivity index (χ4n) is 2.18. The van der Waals surface area contributed by atoms with Gasteiger partial charge < -0.3 is 15.8 Å². The fraction of sp³-hybridized carbons (Fsp3) is 0.692. The zero-order valence-corrected chi connectivity index (χ0v) is 14.7. The van der Waals surface area contributed by atoms with Gasteiger partial charge in [-0.3, -0.25) is 4.79 Å². The summed E-state index contributed by atoms with van der Waals surface area (Å²) in [6, 6.07) is -0.439. The molecule has 3 N–H and O–H groups in total. The molecule has 1 atom stereocenters. The summed E-state index contributed by atoms with van der Waals surface area (Å²) in [7, 11) is 0. The van der Waals surface area contributed by atoms with Gasteiger partial charge in [-0.15, -0.1) is 36.2 Å². The summed E-state index contributed by atoms with van der Waals surface area (Å²) in [5.74, 6) is 0.144. The maximum atomic E-state index is 12.0. The molecule has 2 rings (SSSR count). The third kappa shape index (κ3) is 5.71. The van der Waals surface area contributed by atoms with Crippen LogP contribution in [0.25, 0.3) is 0 Å². The number of aromatic nitrogens is 1. The number of carbonyl (C=O) groups excluding carboxylic acids is 1. The van der Waals surface area contributed by atoms with E-state index in [9.17, 15) is 4.79 Å². The fourth-order valence-corrected chi connectivity index (χ4v) is 3.06. The van der Waals surface area contributed by atoms with Gasteiger partial charge in [0.15, 0.2) is 0 Å². The van der Waals surface area contributed by atoms with Crippen LogP contribution in [-0.4, -0.2) is 30.1 Å². The number of thiazole rings is 1. The van der Waals surface area contributed by atoms with Crippen LogP contribution in [0.2, 0.25) is 0 Å². The van der Waals surface area contributed by atoms with Crippen LogP contribution in [-0.2, 0) is 16.1 Å². The molecule has 21 heavy (non-hydrogen) atoms. The van der Waals surface area contributed by atoms with Crippen molar-refractivity contribution in [3.8, 4) is 0 Å². The third-order valence-electron chi connectivity index (χ3n) is 3.56. The lowest BCUT2D eigenvalue weighted by atomic mass is 9.92. The number of aryl methyl sites for hydroxylation is 2. The average Bonchev–Trinajstić information content (AvgIpc) is 2.75. The molecule has 8 heteroatoms. The van der Waals surface area contributed by atoms with Crippen LogP contribution in [0.1, 0.15) is 28.4 Å². The molecule has 1 unspecified atom stereocenters. The van der Waals surface area contributed by atoms with Crippen LogP contribution in [0.3, 0.4) is 0 Å². The second-order valence-corrected chi connectivity index (χ2v) is 6.23. The second-order valence-electron chi connectivity index (χ2n) is 4.94. The minimum absolute atomic E-state index is 0. The minimum Gasteiger partial charge on any atom is -0.381 e. The lowest BCUT2D eigenvalue weighted by Crippen LogP contribution is -2.46. The first-order chi connectivity index (χ1) is 9.08. The average molecular weight is 356 g/mol. The van der Waals surface area contributed by atoms with Crippen molar-refractivity contribution in [1.82, 2.24) is 10.3 Å². The highest BCUT2D eigenvalue weighted by Gasteiger charge is 2.26. The highest BCUT2D eigenvalue weighted by molar-refractivity contribution is 7.11. The standard InChI is InChI=1S/C13H21N3O2S.2ClH/c1-8-9(2)19-11(16-8)7-15-13(17)12(14)10-3-5-18-6-4-10;;/h10,12H,3-7,14H2,1-2H3,(H,15,17);2*1H. The van der Waals surface area contributed by atoms with Crippen LogP contribution in [0.4, 0.5) is 0 Å². The Bertz CT molecular complexity index is 431. The number of amides is 1. The maximum absolute atomic E-state index is 12.0. The maximum Gasteiger partial charge on any atom is 0.237 e. The van der Waals surface area contributed by atoms with Gasteiger partial charge in [-0.25, -0.2) is 4.98 Å². The van der Waals surface area contributed by atoms with Gasteiger partial charge in [0.05, 0.1) is 18.3 Å². The van der Waals surface area contributed by atoms with Gasteiger partial charge in [0, 0.05) is 18.1 Å². The van der Waals surface area contributed by atoms with Gasteiger partial charge in [0.1, 0.15) is 5.01 Å². The molecular formula is C13H23Cl2N3O2S. The smallest absolute Gasteiger partial charge is 0.237 e. The first-order valence-electron chi connectivity index (χ1n) is 6.62. The summed E-state index contributed by atoms with van der Waals surface area (Å²) < 4.78 is 5.28. The molecule has 0 bridgehead atoms. The minimum atomic E-state index is -0.439. The van der Waals surface area contributed by atoms with Crippen molar-refractivity contribution < 1.29 is 9.53 Å². The zero-order valence-electron chi connectivity index (χ0n) is 12.3. The number of rotatable bonds is 4. The molecule has 1 aromatic rings. The number of nitrogens with zero attached hydrogens (tertiary/aromatic N) is 1. The van der Waals surface area contributed by atoms with E-state index < -0.39 is 6.04 Å². The lowest BCUT2D eigenvalue weighted by molar-refractivity contribution is -0.124. The Labute approximate surface area is 141 Å². The molecule has 1 amide bonds. The van der Waals surface area contributed by atoms with Crippen LogP contribution < -0.4 is 11.1 Å². The van der Waals surface area contributed by atoms with Crippen LogP contribution in [0.5, 0.6) is 0 Å². The van der Waals surface area contributed by atoms with E-state index in [-0.39, 0.29) is 36.6 Å². The van der Waals surface area contributed by atoms with Crippen molar-refractivity contribution in [2.75, 3.05) is 13.2 Å². The number of hydrogen-bond acceptors (Lipinski definition) is 5. The Morgan fingerprint density at radius 3 is 2.57 bits per heavy atom. The third-order valence-corrected chi connectivity index (χ3v) is 4.64. The molecule has 0 aliphatic carbocycles. The molecule has 1 saturated heterocycles. The van der Waals surface area contributed by atoms with Gasteiger partial charge >= 0.3 is 0 Å². The molecule has 0 aromatic carbocycles. The van der Waals surface area contributed by atoms with Crippen molar-refractivity contribution in [3.63, 3.8) is 0 Å². The first-order valence-corrected chi connectivity index (χ1v) is 7.43. The number of hydrogen-bond donors (Lipinski definition) is 2. The number of halogens is 2. The van der Waals surface area contributed by atoms with Crippen LogP contribution in [0.15, 0.2) is 0 Å². The summed E-state index contributed by atoms with van der Waals surface area (Å²) in [6.07, 6.45) is 1.73. The summed E-state index contributed by atoms with van der Waals surface area (Å²) >= 11 is 1.62. The Morgan fingerprint density at radius 2 is 2.05 bits per heavy atom. The van der Waals surface area contributed by atoms with E-state index >= 15 is 0 Å². The normalized spacial score (nSPS) is 16.5.